The van der Waals surface area contributed by atoms with Crippen LogP contribution in [0.1, 0.15) is 18.4 Å². The zero-order chi connectivity index (χ0) is 22.9. The minimum atomic E-state index is -0.382. The van der Waals surface area contributed by atoms with E-state index in [-0.39, 0.29) is 34.4 Å². The minimum Gasteiger partial charge on any atom is -0.378 e. The number of hydrogen-bond donors (Lipinski definition) is 0. The molecule has 4 aliphatic rings. The molecule has 0 aliphatic carbocycles. The first kappa shape index (κ1) is 22.1. The number of nitrogens with zero attached hydrogens (tertiary/aromatic N) is 5. The third-order valence-corrected chi connectivity index (χ3v) is 7.45. The number of rotatable bonds is 4. The molecule has 2 atom stereocenters. The molecule has 10 nitrogen and oxygen atoms in total. The van der Waals surface area contributed by atoms with Gasteiger partial charge in [-0.05, 0) is 30.9 Å². The summed E-state index contributed by atoms with van der Waals surface area (Å²) in [6, 6.07) is 4.92. The zero-order valence-corrected chi connectivity index (χ0v) is 18.9. The Labute approximate surface area is 193 Å². The Balaban J connectivity index is 1.39. The van der Waals surface area contributed by atoms with Crippen molar-refractivity contribution in [2.75, 3.05) is 70.5 Å². The highest BCUT2D eigenvalue weighted by atomic mass is 16.6. The Morgan fingerprint density at radius 3 is 2.52 bits per heavy atom. The highest BCUT2D eigenvalue weighted by Gasteiger charge is 2.43. The first-order valence-electron chi connectivity index (χ1n) is 11.9. The van der Waals surface area contributed by atoms with Crippen LogP contribution >= 0.6 is 0 Å². The van der Waals surface area contributed by atoms with Crippen molar-refractivity contribution in [1.82, 2.24) is 14.7 Å². The smallest absolute Gasteiger partial charge is 0.269 e. The molecule has 2 amide bonds. The molecule has 33 heavy (non-hydrogen) atoms. The van der Waals surface area contributed by atoms with Crippen molar-refractivity contribution in [3.05, 3.63) is 33.9 Å². The number of likely N-dealkylation sites (tertiary alicyclic amines) is 1. The van der Waals surface area contributed by atoms with Crippen LogP contribution in [0, 0.1) is 16.0 Å². The van der Waals surface area contributed by atoms with Gasteiger partial charge in [0.2, 0.25) is 11.8 Å². The Hall–Kier alpha value is -2.72. The molecule has 1 aromatic carbocycles. The number of non-ortho nitro benzene ring substituents is 1. The van der Waals surface area contributed by atoms with Crippen molar-refractivity contribution in [3.8, 4) is 0 Å². The number of carbonyl (C=O) groups excluding carboxylic acids is 2. The van der Waals surface area contributed by atoms with Crippen LogP contribution < -0.4 is 4.90 Å². The van der Waals surface area contributed by atoms with Crippen LogP contribution in [0.4, 0.5) is 11.4 Å². The lowest BCUT2D eigenvalue weighted by atomic mass is 9.82. The topological polar surface area (TPSA) is 99.5 Å². The van der Waals surface area contributed by atoms with Crippen LogP contribution in [0.5, 0.6) is 0 Å². The number of nitro benzene ring substituents is 1. The third kappa shape index (κ3) is 4.41. The molecule has 0 radical (unpaired) electrons. The summed E-state index contributed by atoms with van der Waals surface area (Å²) in [7, 11) is 0. The maximum absolute atomic E-state index is 13.6. The molecule has 10 heteroatoms. The number of amides is 2. The fraction of sp³-hybridized carbons (Fsp3) is 0.652. The lowest BCUT2D eigenvalue weighted by Gasteiger charge is -2.50. The first-order chi connectivity index (χ1) is 16.0. The van der Waals surface area contributed by atoms with Crippen molar-refractivity contribution in [2.24, 2.45) is 5.92 Å². The maximum Gasteiger partial charge on any atom is 0.269 e. The fourth-order valence-corrected chi connectivity index (χ4v) is 5.69. The van der Waals surface area contributed by atoms with Gasteiger partial charge in [0.1, 0.15) is 0 Å². The summed E-state index contributed by atoms with van der Waals surface area (Å²) >= 11 is 0. The summed E-state index contributed by atoms with van der Waals surface area (Å²) in [4.78, 5) is 45.5. The normalized spacial score (nSPS) is 25.5. The number of hydrogen-bond acceptors (Lipinski definition) is 7. The van der Waals surface area contributed by atoms with Crippen molar-refractivity contribution < 1.29 is 19.2 Å². The van der Waals surface area contributed by atoms with Gasteiger partial charge in [0, 0.05) is 63.6 Å². The second-order valence-electron chi connectivity index (χ2n) is 9.40. The summed E-state index contributed by atoms with van der Waals surface area (Å²) in [6.07, 6.45) is 2.62. The number of fused-ring (bicyclic) bond motifs is 3. The molecule has 0 saturated carbocycles. The molecule has 2 unspecified atom stereocenters. The molecule has 0 aromatic heterocycles. The highest BCUT2D eigenvalue weighted by molar-refractivity contribution is 5.83. The molecular weight excluding hydrogens is 426 g/mol. The van der Waals surface area contributed by atoms with Crippen LogP contribution in [0.15, 0.2) is 18.2 Å². The van der Waals surface area contributed by atoms with Crippen molar-refractivity contribution >= 4 is 23.2 Å². The summed E-state index contributed by atoms with van der Waals surface area (Å²) in [5.41, 5.74) is 1.88. The highest BCUT2D eigenvalue weighted by Crippen LogP contribution is 2.38. The number of anilines is 1. The Bertz CT molecular complexity index is 928. The van der Waals surface area contributed by atoms with Gasteiger partial charge >= 0.3 is 0 Å². The number of nitro groups is 1. The fourth-order valence-electron chi connectivity index (χ4n) is 5.69. The van der Waals surface area contributed by atoms with E-state index in [4.69, 9.17) is 4.74 Å². The molecule has 178 valence electrons. The predicted octanol–water partition coefficient (Wildman–Crippen LogP) is 0.739. The van der Waals surface area contributed by atoms with Gasteiger partial charge in [-0.3, -0.25) is 24.6 Å². The first-order valence-corrected chi connectivity index (χ1v) is 11.9. The molecule has 5 rings (SSSR count). The molecule has 1 aromatic rings. The largest absolute Gasteiger partial charge is 0.378 e. The van der Waals surface area contributed by atoms with Crippen molar-refractivity contribution in [1.29, 1.82) is 0 Å². The van der Waals surface area contributed by atoms with Crippen LogP contribution in [0.3, 0.4) is 0 Å². The predicted molar refractivity (Wildman–Crippen MR) is 121 cm³/mol. The van der Waals surface area contributed by atoms with Gasteiger partial charge in [0.05, 0.1) is 36.6 Å². The van der Waals surface area contributed by atoms with Gasteiger partial charge < -0.3 is 19.4 Å². The van der Waals surface area contributed by atoms with Gasteiger partial charge in [-0.25, -0.2) is 0 Å². The van der Waals surface area contributed by atoms with Gasteiger partial charge in [-0.2, -0.15) is 0 Å². The summed E-state index contributed by atoms with van der Waals surface area (Å²) in [5.74, 6) is -0.0516. The Morgan fingerprint density at radius 2 is 1.79 bits per heavy atom. The summed E-state index contributed by atoms with van der Waals surface area (Å²) in [5, 5.41) is 11.3. The number of benzene rings is 1. The molecule has 0 spiro atoms. The zero-order valence-electron chi connectivity index (χ0n) is 18.9. The van der Waals surface area contributed by atoms with E-state index in [0.29, 0.717) is 52.4 Å². The maximum atomic E-state index is 13.6. The summed E-state index contributed by atoms with van der Waals surface area (Å²) in [6.45, 7) is 6.32. The van der Waals surface area contributed by atoms with E-state index in [9.17, 15) is 19.7 Å². The van der Waals surface area contributed by atoms with E-state index in [1.165, 1.54) is 0 Å². The van der Waals surface area contributed by atoms with Crippen LogP contribution in [0.2, 0.25) is 0 Å². The standard InChI is InChI=1S/C23H31N5O5/c29-22(25-5-1-2-6-25)16-24-7-8-27-20-4-3-18(28(31)32)13-17(20)14-19(21(27)15-24)23(30)26-9-11-33-12-10-26/h3-4,13,19,21H,1-2,5-12,14-16H2. The van der Waals surface area contributed by atoms with Gasteiger partial charge in [0.25, 0.3) is 5.69 Å². The SMILES string of the molecule is O=C(CN1CCN2c3ccc([N+](=O)[O-])cc3CC(C(=O)N3CCOCC3)C2C1)N1CCCC1. The van der Waals surface area contributed by atoms with Crippen LogP contribution in [-0.4, -0.2) is 103 Å². The second kappa shape index (κ2) is 9.26. The van der Waals surface area contributed by atoms with E-state index in [1.54, 1.807) is 12.1 Å². The second-order valence-corrected chi connectivity index (χ2v) is 9.40. The molecule has 3 fully saturated rings. The number of morpholine rings is 1. The molecule has 0 bridgehead atoms. The Kier molecular flexibility index (Phi) is 6.20. The molecule has 3 saturated heterocycles. The summed E-state index contributed by atoms with van der Waals surface area (Å²) < 4.78 is 5.42. The van der Waals surface area contributed by atoms with Gasteiger partial charge in [-0.15, -0.1) is 0 Å². The van der Waals surface area contributed by atoms with E-state index in [0.717, 1.165) is 43.7 Å². The average Bonchev–Trinajstić information content (AvgIpc) is 3.38. The number of carbonyl (C=O) groups is 2. The van der Waals surface area contributed by atoms with E-state index in [1.807, 2.05) is 15.9 Å². The quantitative estimate of drug-likeness (QED) is 0.486. The average molecular weight is 458 g/mol. The van der Waals surface area contributed by atoms with E-state index in [2.05, 4.69) is 9.80 Å². The molecule has 4 aliphatic heterocycles. The Morgan fingerprint density at radius 1 is 1.03 bits per heavy atom. The minimum absolute atomic E-state index is 0.0552. The molecule has 0 N–H and O–H groups in total. The monoisotopic (exact) mass is 457 g/mol. The molecule has 4 heterocycles. The van der Waals surface area contributed by atoms with Gasteiger partial charge in [0.15, 0.2) is 0 Å². The molecular formula is C23H31N5O5. The van der Waals surface area contributed by atoms with Crippen molar-refractivity contribution in [3.63, 3.8) is 0 Å². The van der Waals surface area contributed by atoms with Crippen LogP contribution in [0.25, 0.3) is 0 Å². The van der Waals surface area contributed by atoms with Crippen LogP contribution in [-0.2, 0) is 20.7 Å². The van der Waals surface area contributed by atoms with E-state index >= 15 is 0 Å². The van der Waals surface area contributed by atoms with Crippen molar-refractivity contribution in [2.45, 2.75) is 25.3 Å². The third-order valence-electron chi connectivity index (χ3n) is 7.45. The number of ether oxygens (including phenoxy) is 1. The lowest BCUT2D eigenvalue weighted by Crippen LogP contribution is -2.62. The van der Waals surface area contributed by atoms with E-state index < -0.39 is 0 Å². The lowest BCUT2D eigenvalue weighted by molar-refractivity contribution is -0.384. The number of piperazine rings is 1. The van der Waals surface area contributed by atoms with Gasteiger partial charge in [-0.1, -0.05) is 0 Å².